The van der Waals surface area contributed by atoms with Crippen LogP contribution in [0.25, 0.3) is 0 Å². The second kappa shape index (κ2) is 3.25. The number of hydrogen-bond acceptors (Lipinski definition) is 3. The monoisotopic (exact) mass is 153 g/mol. The maximum Gasteiger partial charge on any atom is 0.147 e. The van der Waals surface area contributed by atoms with Crippen LogP contribution in [0.15, 0.2) is 18.2 Å². The summed E-state index contributed by atoms with van der Waals surface area (Å²) >= 11 is 0. The Balaban J connectivity index is 2.99. The van der Waals surface area contributed by atoms with E-state index in [2.05, 4.69) is 4.84 Å². The van der Waals surface area contributed by atoms with Crippen molar-refractivity contribution in [2.75, 3.05) is 7.11 Å². The van der Waals surface area contributed by atoms with Crippen LogP contribution >= 0.6 is 0 Å². The van der Waals surface area contributed by atoms with Crippen LogP contribution in [0.5, 0.6) is 11.5 Å². The molecule has 1 aromatic rings. The molecule has 0 radical (unpaired) electrons. The molecule has 0 spiro atoms. The summed E-state index contributed by atoms with van der Waals surface area (Å²) in [5.41, 5.74) is 1.01. The van der Waals surface area contributed by atoms with Gasteiger partial charge in [-0.05, 0) is 30.7 Å². The summed E-state index contributed by atoms with van der Waals surface area (Å²) < 4.78 is 5.05. The summed E-state index contributed by atoms with van der Waals surface area (Å²) in [6.45, 7) is 1.93. The lowest BCUT2D eigenvalue weighted by Crippen LogP contribution is -2.01. The molecule has 1 aromatic carbocycles. The van der Waals surface area contributed by atoms with E-state index in [-0.39, 0.29) is 0 Å². The molecule has 0 saturated heterocycles. The van der Waals surface area contributed by atoms with Crippen LogP contribution in [-0.4, -0.2) is 7.11 Å². The van der Waals surface area contributed by atoms with Gasteiger partial charge in [0.25, 0.3) is 0 Å². The fourth-order valence-electron chi connectivity index (χ4n) is 0.924. The summed E-state index contributed by atoms with van der Waals surface area (Å²) in [6, 6.07) is 5.39. The molecule has 0 fully saturated rings. The van der Waals surface area contributed by atoms with Gasteiger partial charge >= 0.3 is 0 Å². The number of nitrogens with two attached hydrogens (primary N) is 1. The Bertz CT molecular complexity index is 248. The quantitative estimate of drug-likeness (QED) is 0.650. The molecule has 0 heterocycles. The molecule has 11 heavy (non-hydrogen) atoms. The van der Waals surface area contributed by atoms with Crippen LogP contribution in [0.3, 0.4) is 0 Å². The van der Waals surface area contributed by atoms with E-state index in [0.717, 1.165) is 11.3 Å². The molecule has 2 N–H and O–H groups in total. The molecule has 0 aliphatic heterocycles. The predicted molar refractivity (Wildman–Crippen MR) is 42.5 cm³/mol. The van der Waals surface area contributed by atoms with Gasteiger partial charge < -0.3 is 9.57 Å². The molecule has 0 unspecified atom stereocenters. The smallest absolute Gasteiger partial charge is 0.147 e. The Labute approximate surface area is 65.7 Å². The zero-order valence-corrected chi connectivity index (χ0v) is 6.63. The minimum absolute atomic E-state index is 0.642. The average molecular weight is 153 g/mol. The Hall–Kier alpha value is -1.22. The first-order valence-corrected chi connectivity index (χ1v) is 3.29. The van der Waals surface area contributed by atoms with Gasteiger partial charge in [-0.1, -0.05) is 0 Å². The minimum Gasteiger partial charge on any atom is -0.496 e. The number of methoxy groups -OCH3 is 1. The number of benzene rings is 1. The first-order valence-electron chi connectivity index (χ1n) is 3.29. The van der Waals surface area contributed by atoms with Crippen molar-refractivity contribution in [1.82, 2.24) is 0 Å². The highest BCUT2D eigenvalue weighted by Crippen LogP contribution is 2.21. The van der Waals surface area contributed by atoms with Crippen LogP contribution in [0.1, 0.15) is 5.56 Å². The van der Waals surface area contributed by atoms with Crippen LogP contribution < -0.4 is 15.5 Å². The van der Waals surface area contributed by atoms with Crippen molar-refractivity contribution in [3.8, 4) is 11.5 Å². The highest BCUT2D eigenvalue weighted by molar-refractivity contribution is 5.38. The summed E-state index contributed by atoms with van der Waals surface area (Å²) in [4.78, 5) is 4.54. The lowest BCUT2D eigenvalue weighted by atomic mass is 10.2. The van der Waals surface area contributed by atoms with E-state index in [4.69, 9.17) is 10.6 Å². The molecule has 3 heteroatoms. The number of ether oxygens (including phenoxy) is 1. The Morgan fingerprint density at radius 2 is 2.09 bits per heavy atom. The third-order valence-electron chi connectivity index (χ3n) is 1.50. The third kappa shape index (κ3) is 1.62. The first-order chi connectivity index (χ1) is 5.27. The van der Waals surface area contributed by atoms with Crippen molar-refractivity contribution >= 4 is 0 Å². The molecule has 60 valence electrons. The van der Waals surface area contributed by atoms with Crippen LogP contribution in [0, 0.1) is 6.92 Å². The number of rotatable bonds is 2. The van der Waals surface area contributed by atoms with Crippen molar-refractivity contribution < 1.29 is 9.57 Å². The minimum atomic E-state index is 0.642. The normalized spacial score (nSPS) is 9.36. The molecular weight excluding hydrogens is 142 g/mol. The second-order valence-corrected chi connectivity index (χ2v) is 2.25. The van der Waals surface area contributed by atoms with Crippen molar-refractivity contribution in [1.29, 1.82) is 0 Å². The van der Waals surface area contributed by atoms with Crippen LogP contribution in [0.2, 0.25) is 0 Å². The van der Waals surface area contributed by atoms with Crippen LogP contribution in [0.4, 0.5) is 0 Å². The molecular formula is C8H11NO2. The van der Waals surface area contributed by atoms with E-state index < -0.39 is 0 Å². The highest BCUT2D eigenvalue weighted by atomic mass is 16.6. The van der Waals surface area contributed by atoms with Crippen molar-refractivity contribution in [2.24, 2.45) is 5.90 Å². The number of hydrogen-bond donors (Lipinski definition) is 1. The standard InChI is InChI=1S/C8H11NO2/c1-6-5-7(11-9)3-4-8(6)10-2/h3-5H,9H2,1-2H3. The van der Waals surface area contributed by atoms with E-state index in [1.165, 1.54) is 0 Å². The topological polar surface area (TPSA) is 44.5 Å². The van der Waals surface area contributed by atoms with Gasteiger partial charge in [-0.2, -0.15) is 5.90 Å². The maximum atomic E-state index is 5.05. The molecule has 1 rings (SSSR count). The van der Waals surface area contributed by atoms with Gasteiger partial charge in [-0.3, -0.25) is 0 Å². The molecule has 0 aromatic heterocycles. The van der Waals surface area contributed by atoms with Crippen molar-refractivity contribution in [2.45, 2.75) is 6.92 Å². The zero-order chi connectivity index (χ0) is 8.27. The van der Waals surface area contributed by atoms with Crippen molar-refractivity contribution in [3.63, 3.8) is 0 Å². The predicted octanol–water partition coefficient (Wildman–Crippen LogP) is 1.26. The summed E-state index contributed by atoms with van der Waals surface area (Å²) in [7, 11) is 1.63. The van der Waals surface area contributed by atoms with E-state index in [1.54, 1.807) is 13.2 Å². The van der Waals surface area contributed by atoms with E-state index in [9.17, 15) is 0 Å². The fraction of sp³-hybridized carbons (Fsp3) is 0.250. The molecule has 3 nitrogen and oxygen atoms in total. The third-order valence-corrected chi connectivity index (χ3v) is 1.50. The van der Waals surface area contributed by atoms with Gasteiger partial charge in [0.1, 0.15) is 11.5 Å². The Morgan fingerprint density at radius 3 is 2.55 bits per heavy atom. The average Bonchev–Trinajstić information content (AvgIpc) is 2.04. The maximum absolute atomic E-state index is 5.05. The van der Waals surface area contributed by atoms with Gasteiger partial charge in [0.05, 0.1) is 7.11 Å². The molecule has 0 aliphatic rings. The highest BCUT2D eigenvalue weighted by Gasteiger charge is 1.98. The fourth-order valence-corrected chi connectivity index (χ4v) is 0.924. The SMILES string of the molecule is COc1ccc(ON)cc1C. The van der Waals surface area contributed by atoms with E-state index in [1.807, 2.05) is 19.1 Å². The molecule has 0 bridgehead atoms. The molecule has 0 atom stereocenters. The lowest BCUT2D eigenvalue weighted by molar-refractivity contribution is 0.333. The molecule has 0 amide bonds. The van der Waals surface area contributed by atoms with Gasteiger partial charge in [0.2, 0.25) is 0 Å². The summed E-state index contributed by atoms with van der Waals surface area (Å²) in [6.07, 6.45) is 0. The van der Waals surface area contributed by atoms with Gasteiger partial charge in [0, 0.05) is 0 Å². The second-order valence-electron chi connectivity index (χ2n) is 2.25. The Kier molecular flexibility index (Phi) is 2.33. The largest absolute Gasteiger partial charge is 0.496 e. The molecule has 0 saturated carbocycles. The van der Waals surface area contributed by atoms with Gasteiger partial charge in [-0.15, -0.1) is 0 Å². The number of aryl methyl sites for hydroxylation is 1. The lowest BCUT2D eigenvalue weighted by Gasteiger charge is -2.04. The van der Waals surface area contributed by atoms with E-state index >= 15 is 0 Å². The van der Waals surface area contributed by atoms with Crippen molar-refractivity contribution in [3.05, 3.63) is 23.8 Å². The first kappa shape index (κ1) is 7.88. The van der Waals surface area contributed by atoms with E-state index in [0.29, 0.717) is 5.75 Å². The Morgan fingerprint density at radius 1 is 1.36 bits per heavy atom. The van der Waals surface area contributed by atoms with Crippen LogP contribution in [-0.2, 0) is 0 Å². The van der Waals surface area contributed by atoms with Gasteiger partial charge in [-0.25, -0.2) is 0 Å². The summed E-state index contributed by atoms with van der Waals surface area (Å²) in [5.74, 6) is 6.45. The summed E-state index contributed by atoms with van der Waals surface area (Å²) in [5, 5.41) is 0. The zero-order valence-electron chi connectivity index (χ0n) is 6.63. The molecule has 0 aliphatic carbocycles. The van der Waals surface area contributed by atoms with Gasteiger partial charge in [0.15, 0.2) is 0 Å².